The fraction of sp³-hybridized carbons (Fsp3) is 0.176. The van der Waals surface area contributed by atoms with Crippen LogP contribution in [0.2, 0.25) is 0 Å². The van der Waals surface area contributed by atoms with E-state index in [2.05, 4.69) is 20.4 Å². The number of carbonyl (C=O) groups excluding carboxylic acids is 1. The quantitative estimate of drug-likeness (QED) is 0.699. The molecular formula is C17H17N5OS. The standard InChI is InChI=1S/C17H17N5OS/c1-13(24-16-4-2-3-9-19-16)17(23)21-15-7-5-14(6-8-15)10-22-12-18-11-20-22/h2-9,11-13H,10H2,1H3,(H,21,23)/t13-/m1/s1. The molecule has 3 rings (SSSR count). The fourth-order valence-electron chi connectivity index (χ4n) is 2.09. The number of anilines is 1. The Morgan fingerprint density at radius 3 is 2.75 bits per heavy atom. The second-order valence-corrected chi connectivity index (χ2v) is 6.57. The van der Waals surface area contributed by atoms with E-state index in [1.165, 1.54) is 18.1 Å². The molecular weight excluding hydrogens is 322 g/mol. The van der Waals surface area contributed by atoms with Crippen LogP contribution in [0.4, 0.5) is 5.69 Å². The van der Waals surface area contributed by atoms with Crippen molar-refractivity contribution in [1.29, 1.82) is 0 Å². The summed E-state index contributed by atoms with van der Waals surface area (Å²) in [5, 5.41) is 7.61. The molecule has 1 atom stereocenters. The molecule has 0 unspecified atom stereocenters. The molecule has 1 N–H and O–H groups in total. The van der Waals surface area contributed by atoms with Gasteiger partial charge >= 0.3 is 0 Å². The summed E-state index contributed by atoms with van der Waals surface area (Å²) in [4.78, 5) is 20.4. The third-order valence-electron chi connectivity index (χ3n) is 3.34. The summed E-state index contributed by atoms with van der Waals surface area (Å²) in [7, 11) is 0. The van der Waals surface area contributed by atoms with Crippen molar-refractivity contribution in [3.8, 4) is 0 Å². The average molecular weight is 339 g/mol. The van der Waals surface area contributed by atoms with Crippen LogP contribution in [0.3, 0.4) is 0 Å². The van der Waals surface area contributed by atoms with E-state index in [4.69, 9.17) is 0 Å². The minimum absolute atomic E-state index is 0.0466. The number of nitrogens with zero attached hydrogens (tertiary/aromatic N) is 4. The van der Waals surface area contributed by atoms with Gasteiger partial charge in [0.2, 0.25) is 5.91 Å². The van der Waals surface area contributed by atoms with Gasteiger partial charge in [-0.3, -0.25) is 4.79 Å². The van der Waals surface area contributed by atoms with Gasteiger partial charge in [0.05, 0.1) is 16.8 Å². The van der Waals surface area contributed by atoms with Gasteiger partial charge in [0.1, 0.15) is 12.7 Å². The molecule has 122 valence electrons. The zero-order valence-corrected chi connectivity index (χ0v) is 14.0. The van der Waals surface area contributed by atoms with Crippen LogP contribution in [-0.2, 0) is 11.3 Å². The minimum atomic E-state index is -0.227. The smallest absolute Gasteiger partial charge is 0.237 e. The third-order valence-corrected chi connectivity index (χ3v) is 4.39. The van der Waals surface area contributed by atoms with Crippen molar-refractivity contribution >= 4 is 23.4 Å². The van der Waals surface area contributed by atoms with E-state index >= 15 is 0 Å². The number of amides is 1. The lowest BCUT2D eigenvalue weighted by Gasteiger charge is -2.12. The topological polar surface area (TPSA) is 72.7 Å². The molecule has 6 nitrogen and oxygen atoms in total. The van der Waals surface area contributed by atoms with Crippen molar-refractivity contribution in [2.45, 2.75) is 23.7 Å². The summed E-state index contributed by atoms with van der Waals surface area (Å²) < 4.78 is 1.75. The largest absolute Gasteiger partial charge is 0.325 e. The molecule has 0 aliphatic carbocycles. The van der Waals surface area contributed by atoms with E-state index in [9.17, 15) is 4.79 Å². The number of hydrogen-bond acceptors (Lipinski definition) is 5. The SMILES string of the molecule is C[C@@H](Sc1ccccn1)C(=O)Nc1ccc(Cn2cncn2)cc1. The lowest BCUT2D eigenvalue weighted by atomic mass is 10.2. The van der Waals surface area contributed by atoms with Crippen molar-refractivity contribution < 1.29 is 4.79 Å². The predicted molar refractivity (Wildman–Crippen MR) is 93.8 cm³/mol. The summed E-state index contributed by atoms with van der Waals surface area (Å²) in [6, 6.07) is 13.4. The highest BCUT2D eigenvalue weighted by Crippen LogP contribution is 2.21. The Labute approximate surface area is 144 Å². The number of hydrogen-bond donors (Lipinski definition) is 1. The van der Waals surface area contributed by atoms with Crippen molar-refractivity contribution in [3.63, 3.8) is 0 Å². The van der Waals surface area contributed by atoms with Gasteiger partial charge in [-0.05, 0) is 36.8 Å². The molecule has 0 spiro atoms. The van der Waals surface area contributed by atoms with Gasteiger partial charge in [-0.15, -0.1) is 0 Å². The zero-order chi connectivity index (χ0) is 16.8. The van der Waals surface area contributed by atoms with Gasteiger partial charge in [0.15, 0.2) is 0 Å². The maximum atomic E-state index is 12.3. The lowest BCUT2D eigenvalue weighted by Crippen LogP contribution is -2.22. The van der Waals surface area contributed by atoms with E-state index in [0.29, 0.717) is 6.54 Å². The van der Waals surface area contributed by atoms with Crippen LogP contribution in [0.15, 0.2) is 66.3 Å². The summed E-state index contributed by atoms with van der Waals surface area (Å²) in [6.45, 7) is 2.52. The van der Waals surface area contributed by atoms with Gasteiger partial charge in [-0.25, -0.2) is 14.6 Å². The molecule has 24 heavy (non-hydrogen) atoms. The highest BCUT2D eigenvalue weighted by Gasteiger charge is 2.15. The molecule has 0 saturated heterocycles. The number of rotatable bonds is 6. The van der Waals surface area contributed by atoms with Crippen LogP contribution in [0, 0.1) is 0 Å². The average Bonchev–Trinajstić information content (AvgIpc) is 3.10. The number of carbonyl (C=O) groups is 1. The second-order valence-electron chi connectivity index (χ2n) is 5.21. The van der Waals surface area contributed by atoms with E-state index < -0.39 is 0 Å². The first-order valence-electron chi connectivity index (χ1n) is 7.50. The Balaban J connectivity index is 1.56. The Morgan fingerprint density at radius 1 is 1.25 bits per heavy atom. The van der Waals surface area contributed by atoms with Gasteiger partial charge in [0.25, 0.3) is 0 Å². The van der Waals surface area contributed by atoms with E-state index in [1.807, 2.05) is 49.4 Å². The normalized spacial score (nSPS) is 11.9. The molecule has 0 aliphatic heterocycles. The van der Waals surface area contributed by atoms with Crippen molar-refractivity contribution in [2.75, 3.05) is 5.32 Å². The molecule has 2 heterocycles. The van der Waals surface area contributed by atoms with Gasteiger partial charge in [-0.2, -0.15) is 5.10 Å². The Morgan fingerprint density at radius 2 is 2.08 bits per heavy atom. The minimum Gasteiger partial charge on any atom is -0.325 e. The molecule has 0 radical (unpaired) electrons. The van der Waals surface area contributed by atoms with Crippen molar-refractivity contribution in [3.05, 3.63) is 66.9 Å². The first-order chi connectivity index (χ1) is 11.7. The molecule has 0 aliphatic rings. The summed E-state index contributed by atoms with van der Waals surface area (Å²) in [5.74, 6) is -0.0466. The molecule has 2 aromatic heterocycles. The van der Waals surface area contributed by atoms with E-state index in [0.717, 1.165) is 16.3 Å². The lowest BCUT2D eigenvalue weighted by molar-refractivity contribution is -0.115. The van der Waals surface area contributed by atoms with Crippen LogP contribution in [-0.4, -0.2) is 30.9 Å². The highest BCUT2D eigenvalue weighted by molar-refractivity contribution is 8.00. The first kappa shape index (κ1) is 16.2. The molecule has 1 aromatic carbocycles. The number of pyridine rings is 1. The monoisotopic (exact) mass is 339 g/mol. The number of nitrogens with one attached hydrogen (secondary N) is 1. The molecule has 3 aromatic rings. The summed E-state index contributed by atoms with van der Waals surface area (Å²) in [6.07, 6.45) is 4.91. The maximum absolute atomic E-state index is 12.3. The Hall–Kier alpha value is -2.67. The van der Waals surface area contributed by atoms with Crippen LogP contribution in [0.25, 0.3) is 0 Å². The third kappa shape index (κ3) is 4.42. The molecule has 7 heteroatoms. The first-order valence-corrected chi connectivity index (χ1v) is 8.38. The van der Waals surface area contributed by atoms with Crippen molar-refractivity contribution in [2.24, 2.45) is 0 Å². The molecule has 0 saturated carbocycles. The van der Waals surface area contributed by atoms with E-state index in [-0.39, 0.29) is 11.2 Å². The molecule has 0 fully saturated rings. The van der Waals surface area contributed by atoms with Gasteiger partial charge in [0, 0.05) is 11.9 Å². The molecule has 0 bridgehead atoms. The van der Waals surface area contributed by atoms with Crippen LogP contribution in [0.5, 0.6) is 0 Å². The second kappa shape index (κ2) is 7.74. The van der Waals surface area contributed by atoms with Gasteiger partial charge < -0.3 is 5.32 Å². The van der Waals surface area contributed by atoms with Crippen molar-refractivity contribution in [1.82, 2.24) is 19.7 Å². The summed E-state index contributed by atoms with van der Waals surface area (Å²) >= 11 is 1.44. The summed E-state index contributed by atoms with van der Waals surface area (Å²) in [5.41, 5.74) is 1.87. The van der Waals surface area contributed by atoms with Crippen LogP contribution in [0.1, 0.15) is 12.5 Å². The highest BCUT2D eigenvalue weighted by atomic mass is 32.2. The van der Waals surface area contributed by atoms with Crippen LogP contribution < -0.4 is 5.32 Å². The number of aromatic nitrogens is 4. The van der Waals surface area contributed by atoms with Gasteiger partial charge in [-0.1, -0.05) is 30.0 Å². The van der Waals surface area contributed by atoms with Crippen LogP contribution >= 0.6 is 11.8 Å². The Bertz CT molecular complexity index is 775. The molecule has 1 amide bonds. The fourth-order valence-corrected chi connectivity index (χ4v) is 2.90. The number of benzene rings is 1. The zero-order valence-electron chi connectivity index (χ0n) is 13.2. The number of thioether (sulfide) groups is 1. The maximum Gasteiger partial charge on any atom is 0.237 e. The Kier molecular flexibility index (Phi) is 5.22. The predicted octanol–water partition coefficient (Wildman–Crippen LogP) is 2.84. The van der Waals surface area contributed by atoms with E-state index in [1.54, 1.807) is 17.2 Å².